The molecule has 364 valence electrons. The summed E-state index contributed by atoms with van der Waals surface area (Å²) in [7, 11) is 1.43. The van der Waals surface area contributed by atoms with Gasteiger partial charge in [-0.2, -0.15) is 0 Å². The van der Waals surface area contributed by atoms with Crippen molar-refractivity contribution in [1.82, 2.24) is 0 Å². The second-order valence-corrected chi connectivity index (χ2v) is 20.2. The summed E-state index contributed by atoms with van der Waals surface area (Å²) in [5, 5.41) is 92.3. The van der Waals surface area contributed by atoms with Crippen molar-refractivity contribution < 1.29 is 78.8 Å². The predicted octanol–water partition coefficient (Wildman–Crippen LogP) is 3.16. The van der Waals surface area contributed by atoms with Gasteiger partial charge in [0.15, 0.2) is 17.9 Å². The van der Waals surface area contributed by atoms with E-state index in [0.717, 1.165) is 18.6 Å². The van der Waals surface area contributed by atoms with Gasteiger partial charge in [0.25, 0.3) is 0 Å². The van der Waals surface area contributed by atoms with E-state index in [1.54, 1.807) is 6.92 Å². The van der Waals surface area contributed by atoms with Gasteiger partial charge in [0.1, 0.15) is 30.0 Å². The fraction of sp³-hybridized carbons (Fsp3) is 0.894. The van der Waals surface area contributed by atoms with Gasteiger partial charge >= 0.3 is 5.97 Å². The molecule has 5 rings (SSSR count). The van der Waals surface area contributed by atoms with Crippen LogP contribution in [-0.2, 0) is 38.0 Å². The number of hydrogen-bond donors (Lipinski definition) is 8. The molecule has 0 radical (unpaired) electrons. The van der Waals surface area contributed by atoms with Gasteiger partial charge in [-0.25, -0.2) is 4.79 Å². The summed E-state index contributed by atoms with van der Waals surface area (Å²) < 4.78 is 43.6. The standard InChI is InChI=1S/C47H80O16/c1-10-32(48)21-33-27(3)15-19-46(62-33)23-35-28(4)36(63-46)24-47(56)31(20-26(2)25-58-47)14-12-11-13-17-44(7,54)43(53)41(61-38-22-34(57-9)40(51)30(6)59-38)39(50)29(5)42(52)45(8,55)18-16-37(49)60-35/h12,14,16,18,26-36,38-43,48,50-56H,10-11,13,15,17,19-25H2,1-9H3/b14-12+,18-16-. The highest BCUT2D eigenvalue weighted by Crippen LogP contribution is 2.48. The molecule has 0 aromatic carbocycles. The molecule has 8 N–H and O–H groups in total. The summed E-state index contributed by atoms with van der Waals surface area (Å²) in [4.78, 5) is 13.7. The average Bonchev–Trinajstić information content (AvgIpc) is 3.23. The minimum atomic E-state index is -2.13. The third kappa shape index (κ3) is 12.7. The fourth-order valence-corrected chi connectivity index (χ4v) is 10.1. The summed E-state index contributed by atoms with van der Waals surface area (Å²) in [6.07, 6.45) is -2.72. The number of esters is 1. The summed E-state index contributed by atoms with van der Waals surface area (Å²) in [6, 6.07) is 0. The van der Waals surface area contributed by atoms with E-state index in [2.05, 4.69) is 6.92 Å². The van der Waals surface area contributed by atoms with Gasteiger partial charge in [0, 0.05) is 56.6 Å². The molecule has 1 spiro atoms. The maximum Gasteiger partial charge on any atom is 0.330 e. The SMILES string of the molecule is CCC(O)CC1OC2(CCC1C)CC1OC(=O)/C=C\C(C)(O)C(O)C(C)C(O)C(OC3CC(OC)C(O)C(C)O3)C(O)C(C)(O)CCC/C=C/C3CC(C)COC3(O)CC(O2)C1C. The maximum atomic E-state index is 13.7. The maximum absolute atomic E-state index is 13.7. The largest absolute Gasteiger partial charge is 0.459 e. The van der Waals surface area contributed by atoms with E-state index in [-0.39, 0.29) is 43.6 Å². The molecule has 63 heavy (non-hydrogen) atoms. The first-order chi connectivity index (χ1) is 29.4. The minimum Gasteiger partial charge on any atom is -0.459 e. The summed E-state index contributed by atoms with van der Waals surface area (Å²) in [5.74, 6) is -5.51. The molecular weight excluding hydrogens is 821 g/mol. The van der Waals surface area contributed by atoms with Crippen molar-refractivity contribution in [2.45, 2.75) is 222 Å². The number of ether oxygens (including phenoxy) is 7. The van der Waals surface area contributed by atoms with Crippen LogP contribution in [0.15, 0.2) is 24.3 Å². The van der Waals surface area contributed by atoms with Crippen molar-refractivity contribution in [1.29, 1.82) is 0 Å². The first kappa shape index (κ1) is 52.4. The Morgan fingerprint density at radius 1 is 0.905 bits per heavy atom. The van der Waals surface area contributed by atoms with Crippen LogP contribution in [-0.4, -0.2) is 157 Å². The molecule has 21 atom stereocenters. The Hall–Kier alpha value is -1.61. The first-order valence-corrected chi connectivity index (χ1v) is 23.4. The number of fused-ring (bicyclic) bond motifs is 3. The topological polar surface area (TPSA) is 244 Å². The van der Waals surface area contributed by atoms with Gasteiger partial charge in [-0.15, -0.1) is 0 Å². The zero-order valence-corrected chi connectivity index (χ0v) is 39.0. The van der Waals surface area contributed by atoms with Gasteiger partial charge < -0.3 is 74.0 Å². The summed E-state index contributed by atoms with van der Waals surface area (Å²) in [6.45, 7) is 14.0. The third-order valence-electron chi connectivity index (χ3n) is 14.8. The number of carbonyl (C=O) groups excluding carboxylic acids is 1. The quantitative estimate of drug-likeness (QED) is 0.141. The van der Waals surface area contributed by atoms with Crippen LogP contribution in [0.4, 0.5) is 0 Å². The van der Waals surface area contributed by atoms with E-state index in [1.807, 2.05) is 32.9 Å². The molecule has 0 aromatic heterocycles. The fourth-order valence-electron chi connectivity index (χ4n) is 10.1. The Morgan fingerprint density at radius 3 is 2.30 bits per heavy atom. The average molecular weight is 901 g/mol. The van der Waals surface area contributed by atoms with Crippen LogP contribution in [0.1, 0.15) is 126 Å². The second-order valence-electron chi connectivity index (χ2n) is 20.2. The predicted molar refractivity (Wildman–Crippen MR) is 229 cm³/mol. The van der Waals surface area contributed by atoms with E-state index in [0.29, 0.717) is 45.1 Å². The number of aliphatic hydroxyl groups is 8. The second kappa shape index (κ2) is 21.6. The number of carbonyl (C=O) groups is 1. The van der Waals surface area contributed by atoms with Crippen LogP contribution in [0.2, 0.25) is 0 Å². The molecule has 0 amide bonds. The molecule has 0 saturated carbocycles. The highest BCUT2D eigenvalue weighted by Gasteiger charge is 2.55. The number of rotatable bonds is 6. The monoisotopic (exact) mass is 901 g/mol. The van der Waals surface area contributed by atoms with Crippen molar-refractivity contribution in [2.75, 3.05) is 13.7 Å². The molecule has 2 bridgehead atoms. The van der Waals surface area contributed by atoms with Gasteiger partial charge in [0.05, 0.1) is 54.9 Å². The molecule has 4 fully saturated rings. The lowest BCUT2D eigenvalue weighted by Gasteiger charge is -2.53. The van der Waals surface area contributed by atoms with Gasteiger partial charge in [-0.3, -0.25) is 0 Å². The Bertz CT molecular complexity index is 1520. The van der Waals surface area contributed by atoms with Crippen molar-refractivity contribution in [2.24, 2.45) is 29.6 Å². The van der Waals surface area contributed by atoms with E-state index < -0.39 is 114 Å². The van der Waals surface area contributed by atoms with Crippen molar-refractivity contribution in [3.63, 3.8) is 0 Å². The number of allylic oxidation sites excluding steroid dienone is 1. The highest BCUT2D eigenvalue weighted by atomic mass is 16.7. The smallest absolute Gasteiger partial charge is 0.330 e. The van der Waals surface area contributed by atoms with Crippen molar-refractivity contribution in [3.05, 3.63) is 24.3 Å². The summed E-state index contributed by atoms with van der Waals surface area (Å²) in [5.41, 5.74) is -3.97. The van der Waals surface area contributed by atoms with Gasteiger partial charge in [-0.05, 0) is 83.6 Å². The van der Waals surface area contributed by atoms with Crippen LogP contribution in [0.3, 0.4) is 0 Å². The van der Waals surface area contributed by atoms with E-state index in [9.17, 15) is 45.6 Å². The Kier molecular flexibility index (Phi) is 17.9. The van der Waals surface area contributed by atoms with E-state index in [4.69, 9.17) is 33.2 Å². The van der Waals surface area contributed by atoms with E-state index in [1.165, 1.54) is 27.9 Å². The lowest BCUT2D eigenvalue weighted by Crippen LogP contribution is -2.59. The first-order valence-electron chi connectivity index (χ1n) is 23.4. The molecule has 21 unspecified atom stereocenters. The Morgan fingerprint density at radius 2 is 1.62 bits per heavy atom. The van der Waals surface area contributed by atoms with Crippen molar-refractivity contribution >= 4 is 5.97 Å². The molecule has 5 heterocycles. The zero-order valence-electron chi connectivity index (χ0n) is 39.0. The van der Waals surface area contributed by atoms with Crippen LogP contribution in [0.5, 0.6) is 0 Å². The number of hydrogen-bond acceptors (Lipinski definition) is 16. The molecule has 16 nitrogen and oxygen atoms in total. The van der Waals surface area contributed by atoms with Crippen LogP contribution < -0.4 is 0 Å². The Labute approximate surface area is 373 Å². The van der Waals surface area contributed by atoms with Crippen LogP contribution in [0.25, 0.3) is 0 Å². The van der Waals surface area contributed by atoms with E-state index >= 15 is 0 Å². The molecule has 16 heteroatoms. The van der Waals surface area contributed by atoms with Crippen LogP contribution >= 0.6 is 0 Å². The molecular formula is C47H80O16. The van der Waals surface area contributed by atoms with Gasteiger partial charge in [-0.1, -0.05) is 46.8 Å². The highest BCUT2D eigenvalue weighted by molar-refractivity contribution is 5.82. The number of methoxy groups -OCH3 is 1. The third-order valence-corrected chi connectivity index (χ3v) is 14.8. The molecule has 5 aliphatic heterocycles. The molecule has 0 aromatic rings. The molecule has 0 aliphatic carbocycles. The van der Waals surface area contributed by atoms with Crippen molar-refractivity contribution in [3.8, 4) is 0 Å². The van der Waals surface area contributed by atoms with Crippen LogP contribution in [0, 0.1) is 29.6 Å². The van der Waals surface area contributed by atoms with Gasteiger partial charge in [0.2, 0.25) is 0 Å². The molecule has 4 saturated heterocycles. The lowest BCUT2D eigenvalue weighted by atomic mass is 9.77. The normalized spacial score (nSPS) is 50.3. The molecule has 5 aliphatic rings. The zero-order chi connectivity index (χ0) is 46.7. The summed E-state index contributed by atoms with van der Waals surface area (Å²) >= 11 is 0. The number of aliphatic hydroxyl groups excluding tert-OH is 5. The Balaban J connectivity index is 1.49. The lowest BCUT2D eigenvalue weighted by molar-refractivity contribution is -0.362. The minimum absolute atomic E-state index is 0.0294.